The lowest BCUT2D eigenvalue weighted by atomic mass is 10.0. The lowest BCUT2D eigenvalue weighted by Crippen LogP contribution is -2.62. The number of aromatic nitrogens is 3. The van der Waals surface area contributed by atoms with Gasteiger partial charge in [-0.3, -0.25) is 14.6 Å². The van der Waals surface area contributed by atoms with Crippen LogP contribution in [-0.2, 0) is 13.6 Å². The van der Waals surface area contributed by atoms with Gasteiger partial charge in [-0.25, -0.2) is 9.97 Å². The van der Waals surface area contributed by atoms with Crippen molar-refractivity contribution in [2.45, 2.75) is 12.6 Å². The van der Waals surface area contributed by atoms with Crippen LogP contribution >= 0.6 is 0 Å². The number of hydrogen-bond donors (Lipinski definition) is 0. The van der Waals surface area contributed by atoms with Crippen LogP contribution in [0.25, 0.3) is 0 Å². The average Bonchev–Trinajstić information content (AvgIpc) is 2.62. The van der Waals surface area contributed by atoms with E-state index in [1.165, 1.54) is 0 Å². The van der Waals surface area contributed by atoms with Crippen LogP contribution in [0.2, 0.25) is 0 Å². The molecule has 2 aromatic heterocycles. The summed E-state index contributed by atoms with van der Waals surface area (Å²) in [5.74, 6) is 0.836. The summed E-state index contributed by atoms with van der Waals surface area (Å²) in [6, 6.07) is 6.26. The van der Waals surface area contributed by atoms with Crippen molar-refractivity contribution in [1.29, 1.82) is 0 Å². The molecule has 2 fully saturated rings. The molecule has 7 heteroatoms. The molecule has 0 radical (unpaired) electrons. The van der Waals surface area contributed by atoms with Crippen LogP contribution in [0.15, 0.2) is 41.6 Å². The Morgan fingerprint density at radius 3 is 2.52 bits per heavy atom. The molecule has 2 aliphatic rings. The van der Waals surface area contributed by atoms with E-state index in [0.717, 1.165) is 57.3 Å². The molecule has 2 saturated heterocycles. The van der Waals surface area contributed by atoms with Gasteiger partial charge in [0.15, 0.2) is 0 Å². The molecule has 0 atom stereocenters. The monoisotopic (exact) mass is 340 g/mol. The summed E-state index contributed by atoms with van der Waals surface area (Å²) in [4.78, 5) is 27.6. The molecule has 4 heterocycles. The zero-order valence-corrected chi connectivity index (χ0v) is 14.6. The van der Waals surface area contributed by atoms with E-state index in [-0.39, 0.29) is 5.56 Å². The fourth-order valence-electron chi connectivity index (χ4n) is 3.59. The third-order valence-electron chi connectivity index (χ3n) is 5.18. The number of hydrogen-bond acceptors (Lipinski definition) is 6. The van der Waals surface area contributed by atoms with Gasteiger partial charge in [0.2, 0.25) is 5.95 Å². The van der Waals surface area contributed by atoms with Crippen molar-refractivity contribution in [2.75, 3.05) is 44.2 Å². The summed E-state index contributed by atoms with van der Waals surface area (Å²) in [5.41, 5.74) is 1.17. The second-order valence-electron chi connectivity index (χ2n) is 6.90. The Morgan fingerprint density at radius 2 is 1.84 bits per heavy atom. The maximum Gasteiger partial charge on any atom is 0.250 e. The van der Waals surface area contributed by atoms with Gasteiger partial charge in [0.25, 0.3) is 5.56 Å². The minimum absolute atomic E-state index is 0.0637. The van der Waals surface area contributed by atoms with Gasteiger partial charge in [0, 0.05) is 83.6 Å². The van der Waals surface area contributed by atoms with E-state index in [0.29, 0.717) is 6.04 Å². The number of aryl methyl sites for hydroxylation is 1. The Bertz CT molecular complexity index is 763. The average molecular weight is 340 g/mol. The Kier molecular flexibility index (Phi) is 4.50. The Morgan fingerprint density at radius 1 is 1.12 bits per heavy atom. The van der Waals surface area contributed by atoms with Crippen molar-refractivity contribution in [1.82, 2.24) is 24.3 Å². The molecule has 0 aromatic carbocycles. The summed E-state index contributed by atoms with van der Waals surface area (Å²) in [5, 5.41) is 0. The van der Waals surface area contributed by atoms with E-state index >= 15 is 0 Å². The van der Waals surface area contributed by atoms with Gasteiger partial charge in [0.05, 0.1) is 0 Å². The topological polar surface area (TPSA) is 57.5 Å². The fourth-order valence-corrected chi connectivity index (χ4v) is 3.59. The van der Waals surface area contributed by atoms with Crippen molar-refractivity contribution in [3.8, 4) is 0 Å². The van der Waals surface area contributed by atoms with Crippen molar-refractivity contribution >= 4 is 5.95 Å². The van der Waals surface area contributed by atoms with Crippen LogP contribution in [0.3, 0.4) is 0 Å². The Hall–Kier alpha value is -2.25. The number of likely N-dealkylation sites (tertiary alicyclic amines) is 1. The number of piperazine rings is 1. The highest BCUT2D eigenvalue weighted by atomic mass is 16.1. The zero-order chi connectivity index (χ0) is 17.2. The molecule has 0 amide bonds. The smallest absolute Gasteiger partial charge is 0.250 e. The number of anilines is 1. The van der Waals surface area contributed by atoms with E-state index in [4.69, 9.17) is 0 Å². The lowest BCUT2D eigenvalue weighted by molar-refractivity contribution is 0.0254. The molecule has 25 heavy (non-hydrogen) atoms. The van der Waals surface area contributed by atoms with Crippen molar-refractivity contribution in [3.63, 3.8) is 0 Å². The molecular weight excluding hydrogens is 316 g/mol. The van der Waals surface area contributed by atoms with E-state index in [1.54, 1.807) is 30.1 Å². The van der Waals surface area contributed by atoms with Gasteiger partial charge in [-0.05, 0) is 17.7 Å². The van der Waals surface area contributed by atoms with E-state index < -0.39 is 0 Å². The molecule has 0 unspecified atom stereocenters. The largest absolute Gasteiger partial charge is 0.338 e. The minimum atomic E-state index is 0.0637. The van der Waals surface area contributed by atoms with E-state index in [2.05, 4.69) is 24.7 Å². The first-order valence-electron chi connectivity index (χ1n) is 8.83. The lowest BCUT2D eigenvalue weighted by Gasteiger charge is -2.48. The van der Waals surface area contributed by atoms with Crippen LogP contribution in [0, 0.1) is 0 Å². The highest BCUT2D eigenvalue weighted by molar-refractivity contribution is 5.29. The number of pyridine rings is 1. The standard InChI is InChI=1S/C18H24N6O/c1-21-6-3-15(11-17(21)25)12-22-13-16(14-22)23-7-9-24(10-8-23)18-19-4-2-5-20-18/h2-6,11,16H,7-10,12-14H2,1H3. The van der Waals surface area contributed by atoms with Crippen molar-refractivity contribution in [3.05, 3.63) is 52.7 Å². The van der Waals surface area contributed by atoms with Crippen molar-refractivity contribution < 1.29 is 0 Å². The van der Waals surface area contributed by atoms with E-state index in [9.17, 15) is 4.79 Å². The van der Waals surface area contributed by atoms with Gasteiger partial charge in [0.1, 0.15) is 0 Å². The highest BCUT2D eigenvalue weighted by Crippen LogP contribution is 2.20. The Balaban J connectivity index is 1.25. The number of nitrogens with zero attached hydrogens (tertiary/aromatic N) is 6. The molecular formula is C18H24N6O. The first kappa shape index (κ1) is 16.2. The van der Waals surface area contributed by atoms with Crippen LogP contribution in [0.1, 0.15) is 5.56 Å². The van der Waals surface area contributed by atoms with Crippen LogP contribution in [0.5, 0.6) is 0 Å². The minimum Gasteiger partial charge on any atom is -0.338 e. The highest BCUT2D eigenvalue weighted by Gasteiger charge is 2.33. The predicted molar refractivity (Wildman–Crippen MR) is 96.6 cm³/mol. The fraction of sp³-hybridized carbons (Fsp3) is 0.500. The van der Waals surface area contributed by atoms with Gasteiger partial charge < -0.3 is 9.47 Å². The summed E-state index contributed by atoms with van der Waals surface area (Å²) in [7, 11) is 1.78. The van der Waals surface area contributed by atoms with E-state index in [1.807, 2.05) is 18.3 Å². The quantitative estimate of drug-likeness (QED) is 0.792. The normalized spacial score (nSPS) is 19.8. The second kappa shape index (κ2) is 6.93. The van der Waals surface area contributed by atoms with Crippen LogP contribution in [0.4, 0.5) is 5.95 Å². The summed E-state index contributed by atoms with van der Waals surface area (Å²) in [6.45, 7) is 7.11. The maximum atomic E-state index is 11.7. The molecule has 0 bridgehead atoms. The first-order chi connectivity index (χ1) is 12.2. The van der Waals surface area contributed by atoms with Gasteiger partial charge in [-0.15, -0.1) is 0 Å². The SMILES string of the molecule is Cn1ccc(CN2CC(N3CCN(c4ncccn4)CC3)C2)cc1=O. The second-order valence-corrected chi connectivity index (χ2v) is 6.90. The molecule has 7 nitrogen and oxygen atoms in total. The van der Waals surface area contributed by atoms with Crippen LogP contribution < -0.4 is 10.5 Å². The number of rotatable bonds is 4. The third kappa shape index (κ3) is 3.57. The molecule has 0 N–H and O–H groups in total. The summed E-state index contributed by atoms with van der Waals surface area (Å²) in [6.07, 6.45) is 5.45. The molecule has 4 rings (SSSR count). The molecule has 2 aromatic rings. The van der Waals surface area contributed by atoms with Gasteiger partial charge >= 0.3 is 0 Å². The molecule has 0 aliphatic carbocycles. The molecule has 132 valence electrons. The summed E-state index contributed by atoms with van der Waals surface area (Å²) < 4.78 is 1.61. The van der Waals surface area contributed by atoms with Gasteiger partial charge in [-0.2, -0.15) is 0 Å². The third-order valence-corrected chi connectivity index (χ3v) is 5.18. The molecule has 2 aliphatic heterocycles. The van der Waals surface area contributed by atoms with Crippen LogP contribution in [-0.4, -0.2) is 69.6 Å². The predicted octanol–water partition coefficient (Wildman–Crippen LogP) is 0.182. The molecule has 0 saturated carbocycles. The first-order valence-corrected chi connectivity index (χ1v) is 8.83. The van der Waals surface area contributed by atoms with Gasteiger partial charge in [-0.1, -0.05) is 0 Å². The molecule has 0 spiro atoms. The summed E-state index contributed by atoms with van der Waals surface area (Å²) >= 11 is 0. The zero-order valence-electron chi connectivity index (χ0n) is 14.6. The Labute approximate surface area is 147 Å². The van der Waals surface area contributed by atoms with Crippen molar-refractivity contribution in [2.24, 2.45) is 7.05 Å². The maximum absolute atomic E-state index is 11.7.